The minimum absolute atomic E-state index is 0.0505. The van der Waals surface area contributed by atoms with E-state index in [0.717, 1.165) is 16.4 Å². The summed E-state index contributed by atoms with van der Waals surface area (Å²) in [7, 11) is -3.11. The van der Waals surface area contributed by atoms with E-state index in [1.54, 1.807) is 24.3 Å². The predicted octanol–water partition coefficient (Wildman–Crippen LogP) is 3.52. The number of aliphatic imine (C=N–C) groups is 1. The first-order valence-electron chi connectivity index (χ1n) is 8.51. The lowest BCUT2D eigenvalue weighted by molar-refractivity contribution is -0.384. The summed E-state index contributed by atoms with van der Waals surface area (Å²) >= 11 is 7.48. The smallest absolute Gasteiger partial charge is 0.269 e. The van der Waals surface area contributed by atoms with Gasteiger partial charge in [-0.1, -0.05) is 35.5 Å². The number of non-ortho nitro benzene ring substituents is 1. The molecule has 2 heterocycles. The minimum atomic E-state index is -3.11. The summed E-state index contributed by atoms with van der Waals surface area (Å²) < 4.78 is 24.1. The number of halogens is 1. The van der Waals surface area contributed by atoms with E-state index in [4.69, 9.17) is 11.6 Å². The Morgan fingerprint density at radius 2 is 1.82 bits per heavy atom. The largest absolute Gasteiger partial charge is 0.315 e. The fourth-order valence-electron chi connectivity index (χ4n) is 3.40. The zero-order valence-electron chi connectivity index (χ0n) is 14.6. The summed E-state index contributed by atoms with van der Waals surface area (Å²) in [4.78, 5) is 17.0. The van der Waals surface area contributed by atoms with Crippen molar-refractivity contribution in [3.63, 3.8) is 0 Å². The number of nitro groups is 1. The van der Waals surface area contributed by atoms with Gasteiger partial charge in [-0.15, -0.1) is 0 Å². The molecule has 0 amide bonds. The second-order valence-electron chi connectivity index (χ2n) is 6.68. The van der Waals surface area contributed by atoms with Crippen LogP contribution in [0.15, 0.2) is 53.5 Å². The molecule has 0 aromatic heterocycles. The van der Waals surface area contributed by atoms with E-state index in [1.165, 1.54) is 23.9 Å². The minimum Gasteiger partial charge on any atom is -0.315 e. The van der Waals surface area contributed by atoms with Crippen molar-refractivity contribution < 1.29 is 13.3 Å². The van der Waals surface area contributed by atoms with Crippen molar-refractivity contribution >= 4 is 49.7 Å². The number of fused-ring (bicyclic) bond motifs is 1. The number of sulfone groups is 1. The number of nitro benzene ring substituents is 1. The molecule has 0 aliphatic carbocycles. The molecule has 28 heavy (non-hydrogen) atoms. The number of amidine groups is 1. The number of thioether (sulfide) groups is 1. The third-order valence-electron chi connectivity index (χ3n) is 4.73. The van der Waals surface area contributed by atoms with Crippen LogP contribution >= 0.6 is 23.4 Å². The van der Waals surface area contributed by atoms with Crippen LogP contribution in [0.4, 0.5) is 11.4 Å². The molecule has 0 radical (unpaired) electrons. The molecule has 1 fully saturated rings. The van der Waals surface area contributed by atoms with Gasteiger partial charge in [-0.25, -0.2) is 8.42 Å². The van der Waals surface area contributed by atoms with Gasteiger partial charge < -0.3 is 4.90 Å². The quantitative estimate of drug-likeness (QED) is 0.536. The SMILES string of the molecule is O=[N+]([O-])c1ccc(CSC2=N[C@H]3CS(=O)(=O)C[C@H]3N2c2ccc(Cl)cc2)cc1. The Kier molecular flexibility index (Phi) is 5.07. The third-order valence-corrected chi connectivity index (χ3v) is 7.72. The Morgan fingerprint density at radius 1 is 1.14 bits per heavy atom. The molecule has 7 nitrogen and oxygen atoms in total. The predicted molar refractivity (Wildman–Crippen MR) is 112 cm³/mol. The molecule has 0 spiro atoms. The molecular formula is C18H16ClN3O4S2. The van der Waals surface area contributed by atoms with E-state index in [0.29, 0.717) is 10.8 Å². The van der Waals surface area contributed by atoms with Gasteiger partial charge in [0.15, 0.2) is 15.0 Å². The Balaban J connectivity index is 1.57. The molecule has 0 N–H and O–H groups in total. The summed E-state index contributed by atoms with van der Waals surface area (Å²) in [6.45, 7) is 0. The highest BCUT2D eigenvalue weighted by atomic mass is 35.5. The van der Waals surface area contributed by atoms with E-state index in [2.05, 4.69) is 4.99 Å². The van der Waals surface area contributed by atoms with Crippen LogP contribution in [0.1, 0.15) is 5.56 Å². The van der Waals surface area contributed by atoms with Crippen molar-refractivity contribution in [2.45, 2.75) is 17.8 Å². The first-order chi connectivity index (χ1) is 13.3. The lowest BCUT2D eigenvalue weighted by atomic mass is 10.1. The van der Waals surface area contributed by atoms with Gasteiger partial charge in [-0.05, 0) is 29.8 Å². The van der Waals surface area contributed by atoms with Gasteiger partial charge in [0.05, 0.1) is 28.5 Å². The highest BCUT2D eigenvalue weighted by Gasteiger charge is 2.47. The first-order valence-corrected chi connectivity index (χ1v) is 11.7. The Labute approximate surface area is 171 Å². The van der Waals surface area contributed by atoms with E-state index >= 15 is 0 Å². The lowest BCUT2D eigenvalue weighted by Gasteiger charge is -2.26. The Bertz CT molecular complexity index is 1040. The summed E-state index contributed by atoms with van der Waals surface area (Å²) in [6, 6.07) is 13.2. The van der Waals surface area contributed by atoms with Crippen LogP contribution in [0.5, 0.6) is 0 Å². The van der Waals surface area contributed by atoms with Gasteiger partial charge in [0.25, 0.3) is 5.69 Å². The molecule has 2 aliphatic heterocycles. The van der Waals surface area contributed by atoms with Crippen LogP contribution in [0.2, 0.25) is 5.02 Å². The van der Waals surface area contributed by atoms with Crippen molar-refractivity contribution in [3.05, 3.63) is 69.2 Å². The average Bonchev–Trinajstić information content (AvgIpc) is 3.12. The maximum Gasteiger partial charge on any atom is 0.269 e. The maximum atomic E-state index is 12.1. The van der Waals surface area contributed by atoms with Crippen molar-refractivity contribution in [2.24, 2.45) is 4.99 Å². The van der Waals surface area contributed by atoms with E-state index in [-0.39, 0.29) is 29.3 Å². The molecule has 0 saturated carbocycles. The molecule has 4 rings (SSSR count). The van der Waals surface area contributed by atoms with Crippen molar-refractivity contribution in [2.75, 3.05) is 16.4 Å². The number of hydrogen-bond donors (Lipinski definition) is 0. The van der Waals surface area contributed by atoms with Crippen LogP contribution in [0, 0.1) is 10.1 Å². The molecule has 2 aliphatic rings. The van der Waals surface area contributed by atoms with Crippen LogP contribution in [0.3, 0.4) is 0 Å². The fourth-order valence-corrected chi connectivity index (χ4v) is 6.45. The average molecular weight is 438 g/mol. The molecule has 2 aromatic carbocycles. The van der Waals surface area contributed by atoms with Crippen molar-refractivity contribution in [1.82, 2.24) is 0 Å². The first kappa shape index (κ1) is 19.2. The van der Waals surface area contributed by atoms with Crippen molar-refractivity contribution in [3.8, 4) is 0 Å². The lowest BCUT2D eigenvalue weighted by Crippen LogP contribution is -2.39. The molecule has 0 bridgehead atoms. The Hall–Kier alpha value is -2.10. The summed E-state index contributed by atoms with van der Waals surface area (Å²) in [5.41, 5.74) is 1.83. The zero-order valence-corrected chi connectivity index (χ0v) is 17.0. The molecule has 1 saturated heterocycles. The molecule has 146 valence electrons. The number of rotatable bonds is 4. The molecule has 10 heteroatoms. The van der Waals surface area contributed by atoms with Crippen LogP contribution < -0.4 is 4.90 Å². The maximum absolute atomic E-state index is 12.1. The van der Waals surface area contributed by atoms with Gasteiger partial charge in [-0.3, -0.25) is 15.1 Å². The van der Waals surface area contributed by atoms with Crippen LogP contribution in [-0.4, -0.2) is 42.1 Å². The second kappa shape index (κ2) is 7.38. The van der Waals surface area contributed by atoms with E-state index in [1.807, 2.05) is 17.0 Å². The molecule has 2 aromatic rings. The van der Waals surface area contributed by atoms with Crippen LogP contribution in [0.25, 0.3) is 0 Å². The number of hydrogen-bond acceptors (Lipinski definition) is 7. The van der Waals surface area contributed by atoms with Gasteiger partial charge in [0, 0.05) is 28.6 Å². The number of nitrogens with zero attached hydrogens (tertiary/aromatic N) is 3. The van der Waals surface area contributed by atoms with Crippen molar-refractivity contribution in [1.29, 1.82) is 0 Å². The number of benzene rings is 2. The summed E-state index contributed by atoms with van der Waals surface area (Å²) in [6.07, 6.45) is 0. The highest BCUT2D eigenvalue weighted by Crippen LogP contribution is 2.36. The highest BCUT2D eigenvalue weighted by molar-refractivity contribution is 8.13. The zero-order chi connectivity index (χ0) is 19.9. The van der Waals surface area contributed by atoms with Gasteiger partial charge in [0.2, 0.25) is 0 Å². The molecule has 0 unspecified atom stereocenters. The fraction of sp³-hybridized carbons (Fsp3) is 0.278. The Morgan fingerprint density at radius 3 is 2.46 bits per heavy atom. The van der Waals surface area contributed by atoms with E-state index in [9.17, 15) is 18.5 Å². The topological polar surface area (TPSA) is 92.9 Å². The van der Waals surface area contributed by atoms with Gasteiger partial charge in [0.1, 0.15) is 0 Å². The van der Waals surface area contributed by atoms with E-state index < -0.39 is 14.8 Å². The standard InChI is InChI=1S/C18H16ClN3O4S2/c19-13-3-7-14(8-4-13)21-17-11-28(25,26)10-16(17)20-18(21)27-9-12-1-5-15(6-2-12)22(23)24/h1-8,16-17H,9-11H2/t16-,17+/m0/s1. The molecule has 2 atom stereocenters. The number of anilines is 1. The van der Waals surface area contributed by atoms with Gasteiger partial charge in [-0.2, -0.15) is 0 Å². The third kappa shape index (κ3) is 3.87. The summed E-state index contributed by atoms with van der Waals surface area (Å²) in [5, 5.41) is 12.1. The van der Waals surface area contributed by atoms with Crippen LogP contribution in [-0.2, 0) is 15.6 Å². The van der Waals surface area contributed by atoms with Gasteiger partial charge >= 0.3 is 0 Å². The molecular weight excluding hydrogens is 422 g/mol. The summed E-state index contributed by atoms with van der Waals surface area (Å²) in [5.74, 6) is 0.710. The monoisotopic (exact) mass is 437 g/mol. The normalized spacial score (nSPS) is 22.8. The second-order valence-corrected chi connectivity index (χ2v) is 10.2.